The molecule has 1 heterocycles. The van der Waals surface area contributed by atoms with Gasteiger partial charge in [-0.15, -0.1) is 0 Å². The van der Waals surface area contributed by atoms with E-state index in [2.05, 4.69) is 83.3 Å². The van der Waals surface area contributed by atoms with Gasteiger partial charge >= 0.3 is 0 Å². The molecule has 0 aliphatic carbocycles. The van der Waals surface area contributed by atoms with E-state index >= 15 is 0 Å². The zero-order chi connectivity index (χ0) is 26.7. The number of benzene rings is 4. The molecule has 2 atom stereocenters. The minimum absolute atomic E-state index is 0.425. The van der Waals surface area contributed by atoms with Gasteiger partial charge in [-0.05, 0) is 66.2 Å². The number of hydrogen-bond donors (Lipinski definition) is 1. The van der Waals surface area contributed by atoms with Crippen LogP contribution >= 0.6 is 15.9 Å². The van der Waals surface area contributed by atoms with Crippen molar-refractivity contribution in [1.29, 1.82) is 0 Å². The van der Waals surface area contributed by atoms with Gasteiger partial charge in [0.2, 0.25) is 5.88 Å². The molecule has 194 valence electrons. The van der Waals surface area contributed by atoms with E-state index in [-0.39, 0.29) is 0 Å². The van der Waals surface area contributed by atoms with Crippen LogP contribution in [0.2, 0.25) is 0 Å². The first-order valence-electron chi connectivity index (χ1n) is 13.0. The minimum Gasteiger partial charge on any atom is -0.481 e. The summed E-state index contributed by atoms with van der Waals surface area (Å²) in [6, 6.07) is 32.9. The van der Waals surface area contributed by atoms with Crippen LogP contribution in [0.4, 0.5) is 0 Å². The van der Waals surface area contributed by atoms with Gasteiger partial charge in [-0.3, -0.25) is 0 Å². The van der Waals surface area contributed by atoms with E-state index in [1.807, 2.05) is 48.5 Å². The summed E-state index contributed by atoms with van der Waals surface area (Å²) in [5.41, 5.74) is 2.38. The Hall–Kier alpha value is -3.25. The third-order valence-corrected chi connectivity index (χ3v) is 8.05. The third-order valence-electron chi connectivity index (χ3n) is 7.55. The number of hydrogen-bond acceptors (Lipinski definition) is 4. The topological polar surface area (TPSA) is 45.6 Å². The van der Waals surface area contributed by atoms with E-state index in [0.717, 1.165) is 55.9 Å². The van der Waals surface area contributed by atoms with Crippen LogP contribution < -0.4 is 4.74 Å². The highest BCUT2D eigenvalue weighted by Crippen LogP contribution is 2.49. The van der Waals surface area contributed by atoms with Crippen molar-refractivity contribution in [2.75, 3.05) is 27.2 Å². The summed E-state index contributed by atoms with van der Waals surface area (Å²) < 4.78 is 6.89. The molecule has 0 radical (unpaired) electrons. The van der Waals surface area contributed by atoms with Gasteiger partial charge in [-0.2, -0.15) is 0 Å². The van der Waals surface area contributed by atoms with Crippen LogP contribution in [0.25, 0.3) is 21.7 Å². The molecule has 0 aliphatic heterocycles. The zero-order valence-electron chi connectivity index (χ0n) is 22.1. The summed E-state index contributed by atoms with van der Waals surface area (Å²) >= 11 is 3.61. The van der Waals surface area contributed by atoms with Crippen molar-refractivity contribution in [3.63, 3.8) is 0 Å². The molecule has 0 saturated heterocycles. The number of aliphatic hydroxyl groups is 1. The normalized spacial score (nSPS) is 14.1. The van der Waals surface area contributed by atoms with E-state index in [1.165, 1.54) is 0 Å². The Morgan fingerprint density at radius 2 is 1.66 bits per heavy atom. The molecule has 0 bridgehead atoms. The van der Waals surface area contributed by atoms with Gasteiger partial charge in [0.25, 0.3) is 0 Å². The molecule has 0 amide bonds. The summed E-state index contributed by atoms with van der Waals surface area (Å²) in [5.74, 6) is 0.0989. The van der Waals surface area contributed by atoms with E-state index < -0.39 is 11.5 Å². The van der Waals surface area contributed by atoms with Crippen LogP contribution in [-0.4, -0.2) is 42.2 Å². The monoisotopic (exact) mass is 568 g/mol. The first-order chi connectivity index (χ1) is 18.4. The number of nitrogens with zero attached hydrogens (tertiary/aromatic N) is 2. The molecule has 1 N–H and O–H groups in total. The third kappa shape index (κ3) is 5.06. The average Bonchev–Trinajstić information content (AvgIpc) is 2.95. The number of pyridine rings is 1. The fraction of sp³-hybridized carbons (Fsp3) is 0.242. The van der Waals surface area contributed by atoms with Gasteiger partial charge in [-0.25, -0.2) is 4.98 Å². The van der Waals surface area contributed by atoms with Gasteiger partial charge < -0.3 is 14.7 Å². The van der Waals surface area contributed by atoms with Crippen molar-refractivity contribution in [1.82, 2.24) is 9.88 Å². The molecule has 0 fully saturated rings. The van der Waals surface area contributed by atoms with Gasteiger partial charge in [0.1, 0.15) is 5.60 Å². The summed E-state index contributed by atoms with van der Waals surface area (Å²) in [4.78, 5) is 7.14. The van der Waals surface area contributed by atoms with Crippen LogP contribution in [0.15, 0.2) is 102 Å². The first-order valence-corrected chi connectivity index (χ1v) is 13.8. The molecule has 38 heavy (non-hydrogen) atoms. The Kier molecular flexibility index (Phi) is 7.80. The summed E-state index contributed by atoms with van der Waals surface area (Å²) in [6.07, 6.45) is 0.532. The molecular weight excluding hydrogens is 536 g/mol. The molecule has 5 aromatic rings. The number of ether oxygens (including phenoxy) is 1. The van der Waals surface area contributed by atoms with Crippen LogP contribution in [0.5, 0.6) is 5.88 Å². The number of methoxy groups -OCH3 is 1. The van der Waals surface area contributed by atoms with Crippen LogP contribution in [0.1, 0.15) is 36.0 Å². The van der Waals surface area contributed by atoms with Crippen LogP contribution in [0.3, 0.4) is 0 Å². The number of aromatic nitrogens is 1. The van der Waals surface area contributed by atoms with Crippen molar-refractivity contribution in [2.45, 2.75) is 24.9 Å². The lowest BCUT2D eigenvalue weighted by Crippen LogP contribution is -2.38. The standard InChI is InChI=1S/C33H33BrN2O2/c1-4-36(2)20-19-33(37,29-16-10-14-23-11-8-9-15-27(23)29)31(24-12-6-5-7-13-24)28-22-25-21-26(34)17-18-30(25)35-32(28)38-3/h5-18,21-22,31,37H,4,19-20H2,1-3H3. The van der Waals surface area contributed by atoms with Crippen molar-refractivity contribution in [3.8, 4) is 5.88 Å². The second-order valence-electron chi connectivity index (χ2n) is 9.86. The van der Waals surface area contributed by atoms with Crippen molar-refractivity contribution >= 4 is 37.6 Å². The molecule has 2 unspecified atom stereocenters. The maximum absolute atomic E-state index is 13.1. The largest absolute Gasteiger partial charge is 0.481 e. The van der Waals surface area contributed by atoms with Crippen molar-refractivity contribution in [3.05, 3.63) is 118 Å². The van der Waals surface area contributed by atoms with Crippen LogP contribution in [0, 0.1) is 0 Å². The predicted molar refractivity (Wildman–Crippen MR) is 160 cm³/mol. The Bertz CT molecular complexity index is 1550. The Labute approximate surface area is 233 Å². The fourth-order valence-corrected chi connectivity index (χ4v) is 5.81. The molecule has 4 aromatic carbocycles. The molecule has 4 nitrogen and oxygen atoms in total. The quantitative estimate of drug-likeness (QED) is 0.200. The van der Waals surface area contributed by atoms with Crippen molar-refractivity contribution < 1.29 is 9.84 Å². The second kappa shape index (κ2) is 11.2. The predicted octanol–water partition coefficient (Wildman–Crippen LogP) is 7.52. The molecule has 0 saturated carbocycles. The summed E-state index contributed by atoms with van der Waals surface area (Å²) in [7, 11) is 3.75. The molecular formula is C33H33BrN2O2. The number of fused-ring (bicyclic) bond motifs is 2. The van der Waals surface area contributed by atoms with E-state index in [4.69, 9.17) is 9.72 Å². The highest BCUT2D eigenvalue weighted by molar-refractivity contribution is 9.10. The second-order valence-corrected chi connectivity index (χ2v) is 10.8. The molecule has 5 heteroatoms. The first kappa shape index (κ1) is 26.4. The maximum Gasteiger partial charge on any atom is 0.217 e. The molecule has 0 spiro atoms. The lowest BCUT2D eigenvalue weighted by atomic mass is 9.70. The Morgan fingerprint density at radius 1 is 0.921 bits per heavy atom. The summed E-state index contributed by atoms with van der Waals surface area (Å²) in [6.45, 7) is 3.77. The Balaban J connectivity index is 1.83. The maximum atomic E-state index is 13.1. The Morgan fingerprint density at radius 3 is 2.42 bits per heavy atom. The lowest BCUT2D eigenvalue weighted by Gasteiger charge is -2.39. The van der Waals surface area contributed by atoms with E-state index in [9.17, 15) is 5.11 Å². The van der Waals surface area contributed by atoms with Gasteiger partial charge in [0.15, 0.2) is 0 Å². The highest BCUT2D eigenvalue weighted by atomic mass is 79.9. The number of halogens is 1. The average molecular weight is 570 g/mol. The minimum atomic E-state index is -1.25. The summed E-state index contributed by atoms with van der Waals surface area (Å²) in [5, 5.41) is 16.3. The van der Waals surface area contributed by atoms with Gasteiger partial charge in [0, 0.05) is 27.9 Å². The van der Waals surface area contributed by atoms with Crippen LogP contribution in [-0.2, 0) is 5.60 Å². The van der Waals surface area contributed by atoms with Gasteiger partial charge in [-0.1, -0.05) is 95.7 Å². The SMILES string of the molecule is CCN(C)CCC(O)(c1cccc2ccccc12)C(c1ccccc1)c1cc2cc(Br)ccc2nc1OC. The van der Waals surface area contributed by atoms with E-state index in [1.54, 1.807) is 7.11 Å². The van der Waals surface area contributed by atoms with Crippen molar-refractivity contribution in [2.24, 2.45) is 0 Å². The smallest absolute Gasteiger partial charge is 0.217 e. The fourth-order valence-electron chi connectivity index (χ4n) is 5.43. The highest BCUT2D eigenvalue weighted by Gasteiger charge is 2.43. The zero-order valence-corrected chi connectivity index (χ0v) is 23.7. The lowest BCUT2D eigenvalue weighted by molar-refractivity contribution is 0.00397. The molecule has 1 aromatic heterocycles. The molecule has 5 rings (SSSR count). The molecule has 0 aliphatic rings. The number of rotatable bonds is 9. The van der Waals surface area contributed by atoms with Gasteiger partial charge in [0.05, 0.1) is 12.6 Å². The van der Waals surface area contributed by atoms with E-state index in [0.29, 0.717) is 12.3 Å².